The fourth-order valence-electron chi connectivity index (χ4n) is 4.84. The Kier molecular flexibility index (Phi) is 5.53. The minimum Gasteiger partial charge on any atom is -0.368 e. The number of hydrogen-bond donors (Lipinski definition) is 0. The van der Waals surface area contributed by atoms with Gasteiger partial charge in [-0.25, -0.2) is 9.37 Å². The number of anilines is 1. The highest BCUT2D eigenvalue weighted by atomic mass is 35.5. The third-order valence-electron chi connectivity index (χ3n) is 6.71. The van der Waals surface area contributed by atoms with Crippen LogP contribution in [0.5, 0.6) is 0 Å². The van der Waals surface area contributed by atoms with Crippen molar-refractivity contribution in [2.45, 2.75) is 18.5 Å². The van der Waals surface area contributed by atoms with Crippen molar-refractivity contribution in [3.8, 4) is 28.6 Å². The predicted molar refractivity (Wildman–Crippen MR) is 134 cm³/mol. The van der Waals surface area contributed by atoms with E-state index in [1.165, 1.54) is 11.0 Å². The Morgan fingerprint density at radius 3 is 2.65 bits per heavy atom. The first-order valence-electron chi connectivity index (χ1n) is 11.6. The van der Waals surface area contributed by atoms with Crippen LogP contribution in [0.25, 0.3) is 28.0 Å². The lowest BCUT2D eigenvalue weighted by Crippen LogP contribution is -2.42. The number of nitrogens with zero attached hydrogens (tertiary/aromatic N) is 10. The van der Waals surface area contributed by atoms with Gasteiger partial charge in [0.05, 0.1) is 39.9 Å². The van der Waals surface area contributed by atoms with Crippen molar-refractivity contribution in [3.63, 3.8) is 0 Å². The Morgan fingerprint density at radius 2 is 1.92 bits per heavy atom. The van der Waals surface area contributed by atoms with E-state index in [1.807, 2.05) is 23.1 Å². The summed E-state index contributed by atoms with van der Waals surface area (Å²) in [5.41, 5.74) is 2.86. The summed E-state index contributed by atoms with van der Waals surface area (Å²) in [6.45, 7) is 0.774. The number of pyridine rings is 2. The summed E-state index contributed by atoms with van der Waals surface area (Å²) in [5.74, 6) is 0.317. The number of piperidine rings is 1. The van der Waals surface area contributed by atoms with Crippen LogP contribution in [0.3, 0.4) is 0 Å². The summed E-state index contributed by atoms with van der Waals surface area (Å²) >= 11 is 6.25. The van der Waals surface area contributed by atoms with E-state index in [9.17, 15) is 5.26 Å². The number of aryl methyl sites for hydroxylation is 1. The molecule has 0 spiro atoms. The highest BCUT2D eigenvalue weighted by Gasteiger charge is 2.41. The van der Waals surface area contributed by atoms with Crippen LogP contribution in [0, 0.1) is 11.3 Å². The molecule has 0 N–H and O–H groups in total. The molecule has 1 fully saturated rings. The third kappa shape index (κ3) is 3.86. The molecule has 0 saturated carbocycles. The Morgan fingerprint density at radius 1 is 1.08 bits per heavy atom. The lowest BCUT2D eigenvalue weighted by molar-refractivity contribution is 0.109. The zero-order chi connectivity index (χ0) is 25.6. The normalized spacial score (nSPS) is 15.1. The van der Waals surface area contributed by atoms with Crippen LogP contribution in [0.4, 0.5) is 10.1 Å². The van der Waals surface area contributed by atoms with Crippen LogP contribution in [0.2, 0.25) is 5.15 Å². The number of hydrogen-bond acceptors (Lipinski definition) is 8. The third-order valence-corrected chi connectivity index (χ3v) is 7.01. The number of fused-ring (bicyclic) bond motifs is 1. The van der Waals surface area contributed by atoms with Gasteiger partial charge in [-0.3, -0.25) is 4.98 Å². The van der Waals surface area contributed by atoms with E-state index < -0.39 is 5.67 Å². The lowest BCUT2D eigenvalue weighted by Gasteiger charge is -2.37. The Hall–Kier alpha value is -4.43. The molecule has 0 radical (unpaired) electrons. The van der Waals surface area contributed by atoms with Gasteiger partial charge in [-0.15, -0.1) is 15.3 Å². The molecule has 1 saturated heterocycles. The van der Waals surface area contributed by atoms with E-state index in [0.717, 1.165) is 0 Å². The maximum Gasteiger partial charge on any atom is 0.173 e. The second kappa shape index (κ2) is 8.90. The zero-order valence-corrected chi connectivity index (χ0v) is 20.5. The van der Waals surface area contributed by atoms with Crippen molar-refractivity contribution >= 4 is 22.8 Å². The first-order chi connectivity index (χ1) is 18.0. The number of alkyl halides is 1. The van der Waals surface area contributed by atoms with Crippen molar-refractivity contribution in [2.24, 2.45) is 7.05 Å². The summed E-state index contributed by atoms with van der Waals surface area (Å²) in [6.07, 6.45) is 6.82. The standard InChI is InChI=1S/C25H20ClFN10/c1-35-15-31-33-24(35)25(27)7-11-36(12-8-25)22-16(13-28)6-10-29-21(22)18-14-32-37-20(18)5-4-19(34-37)17-3-2-9-30-23(17)26/h2-6,9-10,14-15H,7-8,11-12H2,1H3. The molecule has 184 valence electrons. The molecule has 0 amide bonds. The molecule has 0 aromatic carbocycles. The Balaban J connectivity index is 1.38. The monoisotopic (exact) mass is 514 g/mol. The molecule has 12 heteroatoms. The highest BCUT2D eigenvalue weighted by molar-refractivity contribution is 6.32. The maximum absolute atomic E-state index is 15.8. The number of rotatable bonds is 4. The molecule has 1 aliphatic heterocycles. The van der Waals surface area contributed by atoms with Gasteiger partial charge < -0.3 is 9.47 Å². The van der Waals surface area contributed by atoms with Gasteiger partial charge in [0, 0.05) is 50.9 Å². The van der Waals surface area contributed by atoms with E-state index in [1.54, 1.807) is 42.3 Å². The molecular formula is C25H20ClFN10. The Labute approximate surface area is 216 Å². The number of halogens is 2. The molecule has 6 heterocycles. The molecule has 5 aromatic rings. The van der Waals surface area contributed by atoms with Gasteiger partial charge in [0.15, 0.2) is 11.5 Å². The van der Waals surface area contributed by atoms with Gasteiger partial charge in [-0.2, -0.15) is 15.0 Å². The van der Waals surface area contributed by atoms with Gasteiger partial charge in [-0.05, 0) is 30.3 Å². The van der Waals surface area contributed by atoms with Gasteiger partial charge in [0.2, 0.25) is 0 Å². The molecule has 0 atom stereocenters. The van der Waals surface area contributed by atoms with Crippen molar-refractivity contribution in [2.75, 3.05) is 18.0 Å². The van der Waals surface area contributed by atoms with Gasteiger partial charge in [0.1, 0.15) is 17.5 Å². The molecule has 0 bridgehead atoms. The van der Waals surface area contributed by atoms with Crippen molar-refractivity contribution in [1.29, 1.82) is 5.26 Å². The summed E-state index contributed by atoms with van der Waals surface area (Å²) in [5, 5.41) is 27.1. The highest BCUT2D eigenvalue weighted by Crippen LogP contribution is 2.41. The van der Waals surface area contributed by atoms with E-state index in [-0.39, 0.29) is 12.8 Å². The van der Waals surface area contributed by atoms with E-state index in [4.69, 9.17) is 11.6 Å². The number of aromatic nitrogens is 8. The van der Waals surface area contributed by atoms with Gasteiger partial charge in [-0.1, -0.05) is 11.6 Å². The van der Waals surface area contributed by atoms with Crippen LogP contribution in [0.1, 0.15) is 24.2 Å². The second-order valence-electron chi connectivity index (χ2n) is 8.88. The fourth-order valence-corrected chi connectivity index (χ4v) is 5.06. The van der Waals surface area contributed by atoms with E-state index >= 15 is 4.39 Å². The molecule has 37 heavy (non-hydrogen) atoms. The molecule has 0 aliphatic carbocycles. The van der Waals surface area contributed by atoms with Gasteiger partial charge in [0.25, 0.3) is 0 Å². The quantitative estimate of drug-likeness (QED) is 0.331. The fraction of sp³-hybridized carbons (Fsp3) is 0.240. The molecule has 0 unspecified atom stereocenters. The zero-order valence-electron chi connectivity index (χ0n) is 19.8. The van der Waals surface area contributed by atoms with Crippen molar-refractivity contribution in [3.05, 3.63) is 71.8 Å². The van der Waals surface area contributed by atoms with E-state index in [0.29, 0.717) is 63.3 Å². The predicted octanol–water partition coefficient (Wildman–Crippen LogP) is 3.97. The molecule has 1 aliphatic rings. The molecule has 6 rings (SSSR count). The Bertz CT molecular complexity index is 1660. The summed E-state index contributed by atoms with van der Waals surface area (Å²) < 4.78 is 18.9. The average molecular weight is 515 g/mol. The first-order valence-corrected chi connectivity index (χ1v) is 12.0. The van der Waals surface area contributed by atoms with Gasteiger partial charge >= 0.3 is 0 Å². The van der Waals surface area contributed by atoms with Crippen LogP contribution in [-0.4, -0.2) is 52.6 Å². The van der Waals surface area contributed by atoms with E-state index in [2.05, 4.69) is 36.4 Å². The lowest BCUT2D eigenvalue weighted by atomic mass is 9.91. The molecular weight excluding hydrogens is 495 g/mol. The summed E-state index contributed by atoms with van der Waals surface area (Å²) in [7, 11) is 1.74. The summed E-state index contributed by atoms with van der Waals surface area (Å²) in [4.78, 5) is 10.8. The minimum atomic E-state index is -1.59. The van der Waals surface area contributed by atoms with Crippen LogP contribution in [0.15, 0.2) is 55.2 Å². The largest absolute Gasteiger partial charge is 0.368 e. The molecule has 5 aromatic heterocycles. The topological polar surface area (TPSA) is 114 Å². The molecule has 10 nitrogen and oxygen atoms in total. The van der Waals surface area contributed by atoms with Crippen LogP contribution < -0.4 is 4.90 Å². The van der Waals surface area contributed by atoms with Crippen LogP contribution >= 0.6 is 11.6 Å². The number of nitriles is 1. The SMILES string of the molecule is Cn1cnnc1C1(F)CCN(c2c(C#N)ccnc2-c2cnn3nc(-c4cccnc4Cl)ccc23)CC1. The van der Waals surface area contributed by atoms with Crippen molar-refractivity contribution < 1.29 is 4.39 Å². The summed E-state index contributed by atoms with van der Waals surface area (Å²) in [6, 6.07) is 11.3. The second-order valence-corrected chi connectivity index (χ2v) is 9.24. The average Bonchev–Trinajstić information content (AvgIpc) is 3.55. The smallest absolute Gasteiger partial charge is 0.173 e. The van der Waals surface area contributed by atoms with Crippen molar-refractivity contribution in [1.82, 2.24) is 39.6 Å². The minimum absolute atomic E-state index is 0.213. The maximum atomic E-state index is 15.8. The first kappa shape index (κ1) is 23.0. The van der Waals surface area contributed by atoms with Crippen LogP contribution in [-0.2, 0) is 12.7 Å².